The second-order valence-electron chi connectivity index (χ2n) is 8.62. The number of benzene rings is 2. The third kappa shape index (κ3) is 7.64. The van der Waals surface area contributed by atoms with Crippen molar-refractivity contribution in [3.05, 3.63) is 54.1 Å². The van der Waals surface area contributed by atoms with Gasteiger partial charge in [0.05, 0.1) is 11.9 Å². The van der Waals surface area contributed by atoms with Crippen LogP contribution in [0.1, 0.15) is 39.2 Å². The van der Waals surface area contributed by atoms with Gasteiger partial charge in [-0.15, -0.1) is 0 Å². The highest BCUT2D eigenvalue weighted by Gasteiger charge is 2.16. The molecule has 0 bridgehead atoms. The summed E-state index contributed by atoms with van der Waals surface area (Å²) in [4.78, 5) is 36.3. The molecule has 9 nitrogen and oxygen atoms in total. The van der Waals surface area contributed by atoms with Gasteiger partial charge in [-0.1, -0.05) is 30.3 Å². The average molecular weight is 452 g/mol. The molecule has 0 saturated heterocycles. The molecule has 0 radical (unpaired) electrons. The molecule has 0 aliphatic rings. The van der Waals surface area contributed by atoms with E-state index in [2.05, 4.69) is 26.1 Å². The van der Waals surface area contributed by atoms with E-state index in [-0.39, 0.29) is 24.7 Å². The number of alkyl carbamates (subject to hydrolysis) is 1. The SMILES string of the molecule is CC(C)(C)OC(=O)NCCCC(=O)Nc1ccc2[nH]nc(NC(=O)Cc3ccccc3)c2c1. The fourth-order valence-corrected chi connectivity index (χ4v) is 3.12. The zero-order valence-corrected chi connectivity index (χ0v) is 19.0. The first kappa shape index (κ1) is 23.8. The Morgan fingerprint density at radius 1 is 1.00 bits per heavy atom. The molecule has 9 heteroatoms. The number of nitrogens with zero attached hydrogens (tertiary/aromatic N) is 1. The monoisotopic (exact) mass is 451 g/mol. The highest BCUT2D eigenvalue weighted by atomic mass is 16.6. The summed E-state index contributed by atoms with van der Waals surface area (Å²) in [5.74, 6) is 0.0450. The second-order valence-corrected chi connectivity index (χ2v) is 8.62. The Morgan fingerprint density at radius 2 is 1.76 bits per heavy atom. The fourth-order valence-electron chi connectivity index (χ4n) is 3.12. The number of rotatable bonds is 8. The lowest BCUT2D eigenvalue weighted by Crippen LogP contribution is -2.33. The van der Waals surface area contributed by atoms with E-state index in [9.17, 15) is 14.4 Å². The van der Waals surface area contributed by atoms with Crippen molar-refractivity contribution in [1.82, 2.24) is 15.5 Å². The van der Waals surface area contributed by atoms with Gasteiger partial charge in [-0.25, -0.2) is 4.79 Å². The third-order valence-electron chi connectivity index (χ3n) is 4.56. The van der Waals surface area contributed by atoms with Gasteiger partial charge in [0, 0.05) is 24.0 Å². The van der Waals surface area contributed by atoms with Gasteiger partial charge in [0.1, 0.15) is 5.60 Å². The summed E-state index contributed by atoms with van der Waals surface area (Å²) in [6.45, 7) is 5.70. The number of hydrogen-bond donors (Lipinski definition) is 4. The summed E-state index contributed by atoms with van der Waals surface area (Å²) >= 11 is 0. The van der Waals surface area contributed by atoms with Crippen molar-refractivity contribution in [2.24, 2.45) is 0 Å². The van der Waals surface area contributed by atoms with Crippen molar-refractivity contribution in [2.75, 3.05) is 17.2 Å². The van der Waals surface area contributed by atoms with Crippen LogP contribution in [-0.4, -0.2) is 40.3 Å². The van der Waals surface area contributed by atoms with Crippen molar-refractivity contribution in [2.45, 2.75) is 45.6 Å². The molecule has 0 saturated carbocycles. The van der Waals surface area contributed by atoms with E-state index < -0.39 is 11.7 Å². The maximum atomic E-state index is 12.4. The molecule has 0 atom stereocenters. The van der Waals surface area contributed by atoms with Crippen LogP contribution in [-0.2, 0) is 20.7 Å². The predicted octanol–water partition coefficient (Wildman–Crippen LogP) is 3.99. The quantitative estimate of drug-likeness (QED) is 0.386. The lowest BCUT2D eigenvalue weighted by atomic mass is 10.1. The lowest BCUT2D eigenvalue weighted by molar-refractivity contribution is -0.116. The Bertz CT molecular complexity index is 1120. The van der Waals surface area contributed by atoms with E-state index in [4.69, 9.17) is 4.74 Å². The first-order valence-electron chi connectivity index (χ1n) is 10.8. The van der Waals surface area contributed by atoms with E-state index in [1.54, 1.807) is 39.0 Å². The number of carbonyl (C=O) groups excluding carboxylic acids is 3. The van der Waals surface area contributed by atoms with Crippen molar-refractivity contribution >= 4 is 40.3 Å². The molecule has 33 heavy (non-hydrogen) atoms. The van der Waals surface area contributed by atoms with Crippen LogP contribution in [0.25, 0.3) is 10.9 Å². The summed E-state index contributed by atoms with van der Waals surface area (Å²) in [7, 11) is 0. The number of hydrogen-bond acceptors (Lipinski definition) is 5. The molecule has 2 aromatic carbocycles. The number of nitrogens with one attached hydrogen (secondary N) is 4. The largest absolute Gasteiger partial charge is 0.444 e. The van der Waals surface area contributed by atoms with Crippen LogP contribution in [0.15, 0.2) is 48.5 Å². The smallest absolute Gasteiger partial charge is 0.407 e. The first-order valence-corrected chi connectivity index (χ1v) is 10.8. The van der Waals surface area contributed by atoms with E-state index >= 15 is 0 Å². The van der Waals surface area contributed by atoms with Crippen LogP contribution in [0.3, 0.4) is 0 Å². The molecule has 0 spiro atoms. The topological polar surface area (TPSA) is 125 Å². The number of aromatic nitrogens is 2. The lowest BCUT2D eigenvalue weighted by Gasteiger charge is -2.19. The Kier molecular flexibility index (Phi) is 7.66. The summed E-state index contributed by atoms with van der Waals surface area (Å²) in [5, 5.41) is 16.0. The van der Waals surface area contributed by atoms with Gasteiger partial charge in [-0.2, -0.15) is 5.10 Å². The highest BCUT2D eigenvalue weighted by molar-refractivity contribution is 6.02. The van der Waals surface area contributed by atoms with E-state index in [0.29, 0.717) is 29.9 Å². The number of carbonyl (C=O) groups is 3. The van der Waals surface area contributed by atoms with Gasteiger partial charge in [0.15, 0.2) is 5.82 Å². The van der Waals surface area contributed by atoms with Gasteiger partial charge in [-0.3, -0.25) is 14.7 Å². The van der Waals surface area contributed by atoms with Gasteiger partial charge < -0.3 is 20.7 Å². The van der Waals surface area contributed by atoms with Crippen LogP contribution in [0.4, 0.5) is 16.3 Å². The van der Waals surface area contributed by atoms with Gasteiger partial charge >= 0.3 is 6.09 Å². The molecule has 3 rings (SSSR count). The van der Waals surface area contributed by atoms with E-state index in [1.165, 1.54) is 0 Å². The summed E-state index contributed by atoms with van der Waals surface area (Å²) < 4.78 is 5.16. The summed E-state index contributed by atoms with van der Waals surface area (Å²) in [6, 6.07) is 14.7. The Morgan fingerprint density at radius 3 is 2.48 bits per heavy atom. The Balaban J connectivity index is 1.51. The standard InChI is InChI=1S/C24H29N5O4/c1-24(2,3)33-23(32)25-13-7-10-20(30)26-17-11-12-19-18(15-17)22(29-28-19)27-21(31)14-16-8-5-4-6-9-16/h4-6,8-9,11-12,15H,7,10,13-14H2,1-3H3,(H,25,32)(H,26,30)(H2,27,28,29,31). The minimum absolute atomic E-state index is 0.179. The second kappa shape index (κ2) is 10.6. The molecule has 4 N–H and O–H groups in total. The predicted molar refractivity (Wildman–Crippen MR) is 127 cm³/mol. The molecule has 3 amide bonds. The first-order chi connectivity index (χ1) is 15.7. The Labute approximate surface area is 192 Å². The molecular formula is C24H29N5O4. The van der Waals surface area contributed by atoms with Crippen molar-refractivity contribution in [1.29, 1.82) is 0 Å². The number of H-pyrrole nitrogens is 1. The van der Waals surface area contributed by atoms with Crippen molar-refractivity contribution < 1.29 is 19.1 Å². The fraction of sp³-hybridized carbons (Fsp3) is 0.333. The number of fused-ring (bicyclic) bond motifs is 1. The van der Waals surface area contributed by atoms with Crippen molar-refractivity contribution in [3.63, 3.8) is 0 Å². The Hall–Kier alpha value is -3.88. The van der Waals surface area contributed by atoms with Crippen LogP contribution in [0, 0.1) is 0 Å². The maximum Gasteiger partial charge on any atom is 0.407 e. The zero-order valence-electron chi connectivity index (χ0n) is 19.0. The molecule has 0 aliphatic heterocycles. The van der Waals surface area contributed by atoms with E-state index in [0.717, 1.165) is 11.1 Å². The molecule has 0 unspecified atom stereocenters. The number of amides is 3. The summed E-state index contributed by atoms with van der Waals surface area (Å²) in [5.41, 5.74) is 1.67. The zero-order chi connectivity index (χ0) is 23.8. The third-order valence-corrected chi connectivity index (χ3v) is 4.56. The molecule has 1 heterocycles. The molecular weight excluding hydrogens is 422 g/mol. The van der Waals surface area contributed by atoms with Gasteiger partial charge in [0.2, 0.25) is 11.8 Å². The maximum absolute atomic E-state index is 12.4. The summed E-state index contributed by atoms with van der Waals surface area (Å²) in [6.07, 6.45) is 0.443. The van der Waals surface area contributed by atoms with Gasteiger partial charge in [-0.05, 0) is 51.0 Å². The average Bonchev–Trinajstić information content (AvgIpc) is 3.12. The van der Waals surface area contributed by atoms with Crippen LogP contribution < -0.4 is 16.0 Å². The molecule has 1 aromatic heterocycles. The normalized spacial score (nSPS) is 11.1. The number of aromatic amines is 1. The van der Waals surface area contributed by atoms with Crippen LogP contribution in [0.2, 0.25) is 0 Å². The van der Waals surface area contributed by atoms with Crippen LogP contribution in [0.5, 0.6) is 0 Å². The van der Waals surface area contributed by atoms with E-state index in [1.807, 2.05) is 30.3 Å². The number of anilines is 2. The minimum atomic E-state index is -0.562. The van der Waals surface area contributed by atoms with Crippen LogP contribution >= 0.6 is 0 Å². The molecule has 0 aliphatic carbocycles. The number of ether oxygens (including phenoxy) is 1. The molecule has 174 valence electrons. The minimum Gasteiger partial charge on any atom is -0.444 e. The van der Waals surface area contributed by atoms with Crippen molar-refractivity contribution in [3.8, 4) is 0 Å². The van der Waals surface area contributed by atoms with Gasteiger partial charge in [0.25, 0.3) is 0 Å². The molecule has 3 aromatic rings. The molecule has 0 fully saturated rings. The highest BCUT2D eigenvalue weighted by Crippen LogP contribution is 2.24.